The predicted molar refractivity (Wildman–Crippen MR) is 49.7 cm³/mol. The molecule has 0 amide bonds. The van der Waals surface area contributed by atoms with Crippen LogP contribution in [0.15, 0.2) is 18.5 Å². The Balaban J connectivity index is 3.01. The minimum atomic E-state index is -3.15. The number of rotatable bonds is 3. The fourth-order valence-corrected chi connectivity index (χ4v) is 1.75. The summed E-state index contributed by atoms with van der Waals surface area (Å²) >= 11 is 0. The van der Waals surface area contributed by atoms with Crippen molar-refractivity contribution in [1.29, 1.82) is 0 Å². The number of aromatic carboxylic acids is 1. The monoisotopic (exact) mass is 215 g/mol. The Bertz CT molecular complexity index is 452. The smallest absolute Gasteiger partial charge is 0.337 e. The van der Waals surface area contributed by atoms with Gasteiger partial charge in [-0.3, -0.25) is 4.98 Å². The van der Waals surface area contributed by atoms with E-state index < -0.39 is 15.8 Å². The molecule has 0 bridgehead atoms. The summed E-state index contributed by atoms with van der Waals surface area (Å²) in [7, 11) is -3.15. The molecule has 0 saturated carbocycles. The zero-order valence-corrected chi connectivity index (χ0v) is 8.28. The minimum Gasteiger partial charge on any atom is -0.478 e. The average Bonchev–Trinajstić information content (AvgIpc) is 2.01. The maximum atomic E-state index is 10.9. The van der Waals surface area contributed by atoms with Gasteiger partial charge < -0.3 is 5.11 Å². The molecule has 0 radical (unpaired) electrons. The van der Waals surface area contributed by atoms with Crippen LogP contribution in [0.1, 0.15) is 15.9 Å². The fourth-order valence-electron chi connectivity index (χ4n) is 0.986. The lowest BCUT2D eigenvalue weighted by Crippen LogP contribution is -2.04. The third kappa shape index (κ3) is 3.14. The van der Waals surface area contributed by atoms with Gasteiger partial charge in [-0.1, -0.05) is 0 Å². The fraction of sp³-hybridized carbons (Fsp3) is 0.250. The van der Waals surface area contributed by atoms with Crippen LogP contribution in [-0.2, 0) is 15.6 Å². The van der Waals surface area contributed by atoms with Gasteiger partial charge in [0.2, 0.25) is 0 Å². The van der Waals surface area contributed by atoms with E-state index in [4.69, 9.17) is 5.11 Å². The molecule has 1 rings (SSSR count). The molecule has 0 aliphatic heterocycles. The van der Waals surface area contributed by atoms with Crippen LogP contribution >= 0.6 is 0 Å². The first kappa shape index (κ1) is 10.6. The van der Waals surface area contributed by atoms with E-state index in [2.05, 4.69) is 4.98 Å². The summed E-state index contributed by atoms with van der Waals surface area (Å²) in [6, 6.07) is 1.30. The van der Waals surface area contributed by atoms with Gasteiger partial charge in [-0.15, -0.1) is 0 Å². The van der Waals surface area contributed by atoms with E-state index in [1.54, 1.807) is 0 Å². The Morgan fingerprint density at radius 3 is 2.64 bits per heavy atom. The lowest BCUT2D eigenvalue weighted by Gasteiger charge is -1.99. The van der Waals surface area contributed by atoms with E-state index in [1.165, 1.54) is 18.5 Å². The van der Waals surface area contributed by atoms with Crippen LogP contribution in [0.2, 0.25) is 0 Å². The number of hydrogen-bond donors (Lipinski definition) is 1. The van der Waals surface area contributed by atoms with Crippen LogP contribution in [0.5, 0.6) is 0 Å². The number of hydrogen-bond acceptors (Lipinski definition) is 4. The highest BCUT2D eigenvalue weighted by Gasteiger charge is 2.08. The first-order chi connectivity index (χ1) is 6.38. The lowest BCUT2D eigenvalue weighted by atomic mass is 10.2. The molecule has 5 nitrogen and oxygen atoms in total. The average molecular weight is 215 g/mol. The van der Waals surface area contributed by atoms with Gasteiger partial charge in [-0.2, -0.15) is 0 Å². The molecule has 0 saturated heterocycles. The molecule has 0 atom stereocenters. The van der Waals surface area contributed by atoms with Crippen molar-refractivity contribution >= 4 is 15.8 Å². The Labute approximate surface area is 81.3 Å². The maximum absolute atomic E-state index is 10.9. The van der Waals surface area contributed by atoms with Crippen molar-refractivity contribution in [2.45, 2.75) is 5.75 Å². The standard InChI is InChI=1S/C8H9NO4S/c1-14(12,13)5-6-2-7(8(10)11)4-9-3-6/h2-4H,5H2,1H3,(H,10,11). The van der Waals surface area contributed by atoms with E-state index in [1.807, 2.05) is 0 Å². The summed E-state index contributed by atoms with van der Waals surface area (Å²) in [6.07, 6.45) is 3.60. The van der Waals surface area contributed by atoms with Crippen LogP contribution in [0, 0.1) is 0 Å². The van der Waals surface area contributed by atoms with Gasteiger partial charge >= 0.3 is 5.97 Å². The Morgan fingerprint density at radius 1 is 1.50 bits per heavy atom. The summed E-state index contributed by atoms with van der Waals surface area (Å²) in [5.41, 5.74) is 0.374. The van der Waals surface area contributed by atoms with Crippen molar-refractivity contribution in [3.8, 4) is 0 Å². The molecular formula is C8H9NO4S. The van der Waals surface area contributed by atoms with Crippen molar-refractivity contribution in [2.24, 2.45) is 0 Å². The highest BCUT2D eigenvalue weighted by Crippen LogP contribution is 2.06. The molecule has 0 fully saturated rings. The van der Waals surface area contributed by atoms with Gasteiger partial charge in [0.15, 0.2) is 9.84 Å². The summed E-state index contributed by atoms with van der Waals surface area (Å²) in [6.45, 7) is 0. The SMILES string of the molecule is CS(=O)(=O)Cc1cncc(C(=O)O)c1. The molecule has 0 aromatic carbocycles. The molecule has 0 spiro atoms. The third-order valence-corrected chi connectivity index (χ3v) is 2.33. The molecule has 0 aliphatic carbocycles. The first-order valence-electron chi connectivity index (χ1n) is 3.73. The first-order valence-corrected chi connectivity index (χ1v) is 5.79. The van der Waals surface area contributed by atoms with Crippen molar-refractivity contribution in [2.75, 3.05) is 6.26 Å². The quantitative estimate of drug-likeness (QED) is 0.785. The Kier molecular flexibility index (Phi) is 2.85. The van der Waals surface area contributed by atoms with Gasteiger partial charge in [0.25, 0.3) is 0 Å². The van der Waals surface area contributed by atoms with E-state index in [0.717, 1.165) is 6.26 Å². The number of sulfone groups is 1. The summed E-state index contributed by atoms with van der Waals surface area (Å²) in [5.74, 6) is -1.31. The second-order valence-corrected chi connectivity index (χ2v) is 5.10. The number of carboxylic acids is 1. The second-order valence-electron chi connectivity index (χ2n) is 2.96. The molecule has 1 aromatic rings. The third-order valence-electron chi connectivity index (χ3n) is 1.47. The second kappa shape index (κ2) is 3.75. The van der Waals surface area contributed by atoms with Crippen molar-refractivity contribution in [1.82, 2.24) is 4.98 Å². The lowest BCUT2D eigenvalue weighted by molar-refractivity contribution is 0.0696. The van der Waals surface area contributed by atoms with Crippen molar-refractivity contribution in [3.63, 3.8) is 0 Å². The van der Waals surface area contributed by atoms with Gasteiger partial charge in [-0.25, -0.2) is 13.2 Å². The van der Waals surface area contributed by atoms with Crippen molar-refractivity contribution < 1.29 is 18.3 Å². The molecule has 1 heterocycles. The van der Waals surface area contributed by atoms with E-state index in [0.29, 0.717) is 5.56 Å². The molecule has 1 N–H and O–H groups in total. The Morgan fingerprint density at radius 2 is 2.14 bits per heavy atom. The zero-order chi connectivity index (χ0) is 10.8. The summed E-state index contributed by atoms with van der Waals surface area (Å²) < 4.78 is 21.8. The summed E-state index contributed by atoms with van der Waals surface area (Å²) in [4.78, 5) is 14.2. The van der Waals surface area contributed by atoms with Crippen LogP contribution in [0.25, 0.3) is 0 Å². The Hall–Kier alpha value is -1.43. The zero-order valence-electron chi connectivity index (χ0n) is 7.47. The topological polar surface area (TPSA) is 84.3 Å². The summed E-state index contributed by atoms with van der Waals surface area (Å²) in [5, 5.41) is 8.62. The van der Waals surface area contributed by atoms with Gasteiger partial charge in [-0.05, 0) is 11.6 Å². The van der Waals surface area contributed by atoms with Crippen LogP contribution in [0.4, 0.5) is 0 Å². The minimum absolute atomic E-state index is 0.00819. The van der Waals surface area contributed by atoms with Crippen LogP contribution in [0.3, 0.4) is 0 Å². The van der Waals surface area contributed by atoms with E-state index in [-0.39, 0.29) is 11.3 Å². The van der Waals surface area contributed by atoms with E-state index in [9.17, 15) is 13.2 Å². The number of carboxylic acid groups (broad SMARTS) is 1. The van der Waals surface area contributed by atoms with E-state index >= 15 is 0 Å². The molecular weight excluding hydrogens is 206 g/mol. The molecule has 1 aromatic heterocycles. The van der Waals surface area contributed by atoms with Gasteiger partial charge in [0.1, 0.15) is 0 Å². The van der Waals surface area contributed by atoms with Crippen LogP contribution in [-0.4, -0.2) is 30.7 Å². The molecule has 6 heteroatoms. The highest BCUT2D eigenvalue weighted by atomic mass is 32.2. The van der Waals surface area contributed by atoms with Crippen LogP contribution < -0.4 is 0 Å². The number of carbonyl (C=O) groups is 1. The predicted octanol–water partition coefficient (Wildman–Crippen LogP) is 0.324. The molecule has 14 heavy (non-hydrogen) atoms. The number of aromatic nitrogens is 1. The molecule has 76 valence electrons. The van der Waals surface area contributed by atoms with Gasteiger partial charge in [0, 0.05) is 18.6 Å². The largest absolute Gasteiger partial charge is 0.478 e. The number of nitrogens with zero attached hydrogens (tertiary/aromatic N) is 1. The normalized spacial score (nSPS) is 11.2. The molecule has 0 aliphatic rings. The molecule has 0 unspecified atom stereocenters. The van der Waals surface area contributed by atoms with Crippen molar-refractivity contribution in [3.05, 3.63) is 29.6 Å². The maximum Gasteiger partial charge on any atom is 0.337 e. The van der Waals surface area contributed by atoms with Gasteiger partial charge in [0.05, 0.1) is 11.3 Å². The highest BCUT2D eigenvalue weighted by molar-refractivity contribution is 7.89. The number of pyridine rings is 1.